The summed E-state index contributed by atoms with van der Waals surface area (Å²) in [7, 11) is 0. The van der Waals surface area contributed by atoms with Crippen molar-refractivity contribution >= 4 is 23.1 Å². The largest absolute Gasteiger partial charge is 0.338 e. The van der Waals surface area contributed by atoms with Crippen molar-refractivity contribution in [1.82, 2.24) is 9.97 Å². The number of hydrogen-bond acceptors (Lipinski definition) is 4. The number of benzene rings is 2. The van der Waals surface area contributed by atoms with Crippen LogP contribution in [0.3, 0.4) is 0 Å². The van der Waals surface area contributed by atoms with E-state index in [2.05, 4.69) is 34.4 Å². The molecule has 2 aromatic carbocycles. The molecule has 0 unspecified atom stereocenters. The van der Waals surface area contributed by atoms with Crippen molar-refractivity contribution in [3.05, 3.63) is 77.8 Å². The third-order valence-electron chi connectivity index (χ3n) is 3.93. The zero-order chi connectivity index (χ0) is 19.4. The van der Waals surface area contributed by atoms with E-state index in [4.69, 9.17) is 0 Å². The van der Waals surface area contributed by atoms with Gasteiger partial charge in [-0.15, -0.1) is 0 Å². The monoisotopic (exact) mass is 368 g/mol. The zero-order valence-corrected chi connectivity index (χ0v) is 14.8. The Hall–Kier alpha value is -3.35. The molecule has 1 heterocycles. The lowest BCUT2D eigenvalue weighted by Crippen LogP contribution is -2.14. The molecule has 0 aliphatic heterocycles. The topological polar surface area (TPSA) is 66.9 Å². The third kappa shape index (κ3) is 4.63. The van der Waals surface area contributed by atoms with Gasteiger partial charge in [-0.1, -0.05) is 26.0 Å². The average Bonchev–Trinajstić information content (AvgIpc) is 2.65. The number of anilines is 3. The summed E-state index contributed by atoms with van der Waals surface area (Å²) in [4.78, 5) is 20.3. The van der Waals surface area contributed by atoms with Crippen LogP contribution >= 0.6 is 0 Å². The summed E-state index contributed by atoms with van der Waals surface area (Å²) in [6.07, 6.45) is 1.19. The summed E-state index contributed by atoms with van der Waals surface area (Å²) >= 11 is 0. The number of carbonyl (C=O) groups excluding carboxylic acids is 1. The number of halogens is 2. The summed E-state index contributed by atoms with van der Waals surface area (Å²) in [5.41, 5.74) is 1.97. The number of nitrogens with zero attached hydrogens (tertiary/aromatic N) is 2. The first kappa shape index (κ1) is 18.4. The Morgan fingerprint density at radius 3 is 2.41 bits per heavy atom. The van der Waals surface area contributed by atoms with Gasteiger partial charge in [0.1, 0.15) is 29.5 Å². The molecule has 0 saturated heterocycles. The summed E-state index contributed by atoms with van der Waals surface area (Å²) in [5.74, 6) is -1.24. The van der Waals surface area contributed by atoms with Gasteiger partial charge in [0.15, 0.2) is 0 Å². The molecule has 0 bridgehead atoms. The van der Waals surface area contributed by atoms with Crippen LogP contribution in [0, 0.1) is 11.6 Å². The van der Waals surface area contributed by atoms with Crippen LogP contribution < -0.4 is 10.6 Å². The molecule has 0 atom stereocenters. The van der Waals surface area contributed by atoms with Gasteiger partial charge in [-0.2, -0.15) is 0 Å². The Bertz CT molecular complexity index is 958. The summed E-state index contributed by atoms with van der Waals surface area (Å²) in [6.45, 7) is 4.18. The molecule has 5 nitrogen and oxygen atoms in total. The molecule has 0 fully saturated rings. The van der Waals surface area contributed by atoms with Gasteiger partial charge < -0.3 is 10.6 Å². The molecule has 2 N–H and O–H groups in total. The van der Waals surface area contributed by atoms with Crippen molar-refractivity contribution in [2.75, 3.05) is 10.6 Å². The van der Waals surface area contributed by atoms with Crippen LogP contribution in [-0.4, -0.2) is 15.9 Å². The first-order valence-corrected chi connectivity index (χ1v) is 8.38. The van der Waals surface area contributed by atoms with Crippen LogP contribution in [0.15, 0.2) is 54.9 Å². The Labute approximate surface area is 155 Å². The first-order valence-electron chi connectivity index (χ1n) is 8.38. The van der Waals surface area contributed by atoms with Gasteiger partial charge in [-0.05, 0) is 35.7 Å². The number of carbonyl (C=O) groups is 1. The van der Waals surface area contributed by atoms with Gasteiger partial charge in [0.2, 0.25) is 0 Å². The van der Waals surface area contributed by atoms with Gasteiger partial charge in [0, 0.05) is 17.8 Å². The van der Waals surface area contributed by atoms with Crippen molar-refractivity contribution < 1.29 is 13.6 Å². The van der Waals surface area contributed by atoms with Crippen LogP contribution in [0.25, 0.3) is 0 Å². The van der Waals surface area contributed by atoms with Crippen molar-refractivity contribution in [2.24, 2.45) is 0 Å². The molecule has 0 radical (unpaired) electrons. The van der Waals surface area contributed by atoms with E-state index in [1.807, 2.05) is 24.3 Å². The van der Waals surface area contributed by atoms with Crippen molar-refractivity contribution in [3.63, 3.8) is 0 Å². The minimum Gasteiger partial charge on any atom is -0.338 e. The molecule has 1 amide bonds. The van der Waals surface area contributed by atoms with Gasteiger partial charge >= 0.3 is 0 Å². The quantitative estimate of drug-likeness (QED) is 0.674. The highest BCUT2D eigenvalue weighted by Gasteiger charge is 2.11. The third-order valence-corrected chi connectivity index (χ3v) is 3.93. The summed E-state index contributed by atoms with van der Waals surface area (Å²) < 4.78 is 26.7. The molecule has 138 valence electrons. The lowest BCUT2D eigenvalue weighted by atomic mass is 10.0. The van der Waals surface area contributed by atoms with E-state index in [9.17, 15) is 13.6 Å². The number of hydrogen-bond donors (Lipinski definition) is 2. The van der Waals surface area contributed by atoms with Crippen LogP contribution in [0.2, 0.25) is 0 Å². The summed E-state index contributed by atoms with van der Waals surface area (Å²) in [6, 6.07) is 12.1. The molecule has 1 aromatic heterocycles. The highest BCUT2D eigenvalue weighted by atomic mass is 19.1. The average molecular weight is 368 g/mol. The fourth-order valence-electron chi connectivity index (χ4n) is 2.43. The van der Waals surface area contributed by atoms with E-state index in [1.54, 1.807) is 0 Å². The molecule has 0 aliphatic carbocycles. The number of rotatable bonds is 5. The Morgan fingerprint density at radius 2 is 1.74 bits per heavy atom. The van der Waals surface area contributed by atoms with E-state index in [0.29, 0.717) is 11.6 Å². The zero-order valence-electron chi connectivity index (χ0n) is 14.8. The molecule has 0 saturated carbocycles. The molecule has 0 aliphatic rings. The fourth-order valence-corrected chi connectivity index (χ4v) is 2.43. The van der Waals surface area contributed by atoms with E-state index >= 15 is 0 Å². The van der Waals surface area contributed by atoms with Gasteiger partial charge in [-0.3, -0.25) is 4.79 Å². The maximum Gasteiger partial charge on any atom is 0.274 e. The Balaban J connectivity index is 1.73. The van der Waals surface area contributed by atoms with E-state index in [0.717, 1.165) is 12.1 Å². The fraction of sp³-hybridized carbons (Fsp3) is 0.150. The smallest absolute Gasteiger partial charge is 0.274 e. The SMILES string of the molecule is CC(C)c1ccc(NC(=O)c2cc(Nc3ccc(F)cc3F)ncn2)cc1. The van der Waals surface area contributed by atoms with Gasteiger partial charge in [0.25, 0.3) is 5.91 Å². The maximum atomic E-state index is 13.7. The highest BCUT2D eigenvalue weighted by molar-refractivity contribution is 6.03. The normalized spacial score (nSPS) is 10.7. The second-order valence-electron chi connectivity index (χ2n) is 6.27. The molecular formula is C20H18F2N4O. The Kier molecular flexibility index (Phi) is 5.40. The second kappa shape index (κ2) is 7.90. The number of amides is 1. The lowest BCUT2D eigenvalue weighted by molar-refractivity contribution is 0.102. The molecular weight excluding hydrogens is 350 g/mol. The second-order valence-corrected chi connectivity index (χ2v) is 6.27. The van der Waals surface area contributed by atoms with E-state index in [-0.39, 0.29) is 17.2 Å². The van der Waals surface area contributed by atoms with E-state index < -0.39 is 17.5 Å². The molecule has 0 spiro atoms. The standard InChI is InChI=1S/C20H18F2N4O/c1-12(2)13-3-6-15(7-4-13)25-20(27)18-10-19(24-11-23-18)26-17-8-5-14(21)9-16(17)22/h3-12H,1-2H3,(H,25,27)(H,23,24,26). The van der Waals surface area contributed by atoms with Crippen molar-refractivity contribution in [1.29, 1.82) is 0 Å². The van der Waals surface area contributed by atoms with Crippen LogP contribution in [0.4, 0.5) is 26.0 Å². The number of nitrogens with one attached hydrogen (secondary N) is 2. The lowest BCUT2D eigenvalue weighted by Gasteiger charge is -2.10. The molecule has 3 rings (SSSR count). The number of aromatic nitrogens is 2. The molecule has 27 heavy (non-hydrogen) atoms. The molecule has 7 heteroatoms. The van der Waals surface area contributed by atoms with Gasteiger partial charge in [-0.25, -0.2) is 18.7 Å². The Morgan fingerprint density at radius 1 is 1.00 bits per heavy atom. The van der Waals surface area contributed by atoms with Gasteiger partial charge in [0.05, 0.1) is 5.69 Å². The van der Waals surface area contributed by atoms with E-state index in [1.165, 1.54) is 24.0 Å². The minimum atomic E-state index is -0.759. The molecule has 3 aromatic rings. The highest BCUT2D eigenvalue weighted by Crippen LogP contribution is 2.20. The summed E-state index contributed by atoms with van der Waals surface area (Å²) in [5, 5.41) is 5.46. The van der Waals surface area contributed by atoms with Crippen LogP contribution in [0.1, 0.15) is 35.8 Å². The maximum absolute atomic E-state index is 13.7. The van der Waals surface area contributed by atoms with Crippen LogP contribution in [-0.2, 0) is 0 Å². The van der Waals surface area contributed by atoms with Crippen molar-refractivity contribution in [2.45, 2.75) is 19.8 Å². The van der Waals surface area contributed by atoms with Crippen LogP contribution in [0.5, 0.6) is 0 Å². The van der Waals surface area contributed by atoms with Crippen molar-refractivity contribution in [3.8, 4) is 0 Å². The first-order chi connectivity index (χ1) is 12.9. The minimum absolute atomic E-state index is 0.0470. The predicted octanol–water partition coefficient (Wildman–Crippen LogP) is 4.87. The predicted molar refractivity (Wildman–Crippen MR) is 100 cm³/mol.